The Kier molecular flexibility index (Phi) is 5.10. The topological polar surface area (TPSA) is 62.1 Å². The quantitative estimate of drug-likeness (QED) is 0.598. The van der Waals surface area contributed by atoms with Gasteiger partial charge < -0.3 is 9.47 Å². The Morgan fingerprint density at radius 1 is 1.15 bits per heavy atom. The van der Waals surface area contributed by atoms with E-state index < -0.39 is 0 Å². The maximum atomic E-state index is 5.73. The fourth-order valence-electron chi connectivity index (χ4n) is 3.34. The number of benzene rings is 1. The number of hydrogen-bond donors (Lipinski definition) is 0. The van der Waals surface area contributed by atoms with E-state index in [1.54, 1.807) is 18.4 Å². The van der Waals surface area contributed by atoms with Crippen molar-refractivity contribution in [3.8, 4) is 11.5 Å². The van der Waals surface area contributed by atoms with Gasteiger partial charge in [0.1, 0.15) is 12.3 Å². The second-order valence-electron chi connectivity index (χ2n) is 6.42. The predicted octanol–water partition coefficient (Wildman–Crippen LogP) is 3.21. The number of thiazole rings is 1. The van der Waals surface area contributed by atoms with Crippen molar-refractivity contribution in [2.24, 2.45) is 0 Å². The fraction of sp³-hybridized carbons (Fsp3) is 0.421. The molecule has 0 amide bonds. The summed E-state index contributed by atoms with van der Waals surface area (Å²) in [5.41, 5.74) is 3.62. The molecule has 136 valence electrons. The molecule has 26 heavy (non-hydrogen) atoms. The van der Waals surface area contributed by atoms with E-state index in [1.807, 2.05) is 17.0 Å². The zero-order valence-corrected chi connectivity index (χ0v) is 15.8. The molecule has 7 heteroatoms. The van der Waals surface area contributed by atoms with Crippen LogP contribution in [0.4, 0.5) is 0 Å². The monoisotopic (exact) mass is 370 g/mol. The molecule has 6 nitrogen and oxygen atoms in total. The van der Waals surface area contributed by atoms with E-state index in [9.17, 15) is 0 Å². The Morgan fingerprint density at radius 2 is 1.92 bits per heavy atom. The second kappa shape index (κ2) is 7.65. The lowest BCUT2D eigenvalue weighted by Gasteiger charge is -2.13. The van der Waals surface area contributed by atoms with Gasteiger partial charge in [-0.2, -0.15) is 0 Å². The van der Waals surface area contributed by atoms with Crippen LogP contribution in [-0.2, 0) is 28.9 Å². The molecule has 3 aromatic rings. The number of fused-ring (bicyclic) bond motifs is 1. The van der Waals surface area contributed by atoms with Gasteiger partial charge in [-0.15, -0.1) is 16.4 Å². The smallest absolute Gasteiger partial charge is 0.200 e. The normalized spacial score (nSPS) is 14.1. The molecule has 0 unspecified atom stereocenters. The number of nitrogens with zero attached hydrogens (tertiary/aromatic N) is 4. The molecular formula is C19H22N4O2S. The molecule has 0 spiro atoms. The molecular weight excluding hydrogens is 348 g/mol. The third-order valence-electron chi connectivity index (χ3n) is 4.59. The Morgan fingerprint density at radius 3 is 2.58 bits per heavy atom. The van der Waals surface area contributed by atoms with E-state index in [-0.39, 0.29) is 6.04 Å². The van der Waals surface area contributed by atoms with Crippen LogP contribution >= 0.6 is 11.3 Å². The molecule has 0 saturated heterocycles. The summed E-state index contributed by atoms with van der Waals surface area (Å²) in [6.45, 7) is 3.53. The molecule has 1 aliphatic carbocycles. The average Bonchev–Trinajstić information content (AvgIpc) is 3.35. The highest BCUT2D eigenvalue weighted by Crippen LogP contribution is 2.31. The summed E-state index contributed by atoms with van der Waals surface area (Å²) >= 11 is 1.61. The first-order chi connectivity index (χ1) is 12.7. The van der Waals surface area contributed by atoms with Crippen LogP contribution in [0.2, 0.25) is 0 Å². The third-order valence-corrected chi connectivity index (χ3v) is 5.36. The third kappa shape index (κ3) is 3.56. The van der Waals surface area contributed by atoms with Gasteiger partial charge in [-0.1, -0.05) is 24.3 Å². The molecule has 1 aliphatic rings. The van der Waals surface area contributed by atoms with Gasteiger partial charge in [-0.25, -0.2) is 14.6 Å². The van der Waals surface area contributed by atoms with Crippen LogP contribution in [-0.4, -0.2) is 40.1 Å². The minimum absolute atomic E-state index is 0.273. The highest BCUT2D eigenvalue weighted by atomic mass is 32.1. The lowest BCUT2D eigenvalue weighted by Crippen LogP contribution is -2.16. The summed E-state index contributed by atoms with van der Waals surface area (Å²) in [6, 6.07) is 8.87. The summed E-state index contributed by atoms with van der Waals surface area (Å²) < 4.78 is 12.8. The number of aromatic nitrogens is 4. The maximum Gasteiger partial charge on any atom is 0.200 e. The van der Waals surface area contributed by atoms with Crippen LogP contribution in [0.1, 0.15) is 28.0 Å². The largest absolute Gasteiger partial charge is 0.382 e. The standard InChI is InChI=1S/C19H22N4O2S/c1-13-20-17(12-26-13)19-21-18(11-25-8-7-24-2)23(22-19)16-9-14-5-3-4-6-15(14)10-16/h3-6,12,16H,7-11H2,1-2H3. The fourth-order valence-corrected chi connectivity index (χ4v) is 3.93. The van der Waals surface area contributed by atoms with Crippen molar-refractivity contribution in [2.75, 3.05) is 20.3 Å². The highest BCUT2D eigenvalue weighted by Gasteiger charge is 2.27. The molecule has 0 atom stereocenters. The highest BCUT2D eigenvalue weighted by molar-refractivity contribution is 7.09. The van der Waals surface area contributed by atoms with Gasteiger partial charge in [-0.3, -0.25) is 0 Å². The number of hydrogen-bond acceptors (Lipinski definition) is 6. The molecule has 1 aromatic carbocycles. The molecule has 0 radical (unpaired) electrons. The van der Waals surface area contributed by atoms with Crippen LogP contribution in [0, 0.1) is 6.92 Å². The van der Waals surface area contributed by atoms with E-state index >= 15 is 0 Å². The molecule has 0 saturated carbocycles. The first-order valence-corrected chi connectivity index (χ1v) is 9.64. The van der Waals surface area contributed by atoms with Gasteiger partial charge >= 0.3 is 0 Å². The van der Waals surface area contributed by atoms with E-state index in [0.717, 1.165) is 29.4 Å². The Labute approximate surface area is 156 Å². The van der Waals surface area contributed by atoms with Gasteiger partial charge in [0.25, 0.3) is 0 Å². The van der Waals surface area contributed by atoms with Gasteiger partial charge in [0.05, 0.1) is 24.3 Å². The van der Waals surface area contributed by atoms with Crippen molar-refractivity contribution in [3.05, 3.63) is 51.6 Å². The van der Waals surface area contributed by atoms with Gasteiger partial charge in [0.2, 0.25) is 5.82 Å². The minimum Gasteiger partial charge on any atom is -0.382 e. The average molecular weight is 370 g/mol. The predicted molar refractivity (Wildman–Crippen MR) is 100 cm³/mol. The van der Waals surface area contributed by atoms with Gasteiger partial charge in [0.15, 0.2) is 5.82 Å². The maximum absolute atomic E-state index is 5.73. The first kappa shape index (κ1) is 17.3. The molecule has 4 rings (SSSR count). The number of ether oxygens (including phenoxy) is 2. The molecule has 0 bridgehead atoms. The van der Waals surface area contributed by atoms with E-state index in [1.165, 1.54) is 11.1 Å². The Hall–Kier alpha value is -2.09. The minimum atomic E-state index is 0.273. The molecule has 2 heterocycles. The van der Waals surface area contributed by atoms with Gasteiger partial charge in [0, 0.05) is 12.5 Å². The van der Waals surface area contributed by atoms with Crippen molar-refractivity contribution >= 4 is 11.3 Å². The van der Waals surface area contributed by atoms with Crippen molar-refractivity contribution in [1.29, 1.82) is 0 Å². The molecule has 0 aliphatic heterocycles. The Balaban J connectivity index is 1.60. The van der Waals surface area contributed by atoms with Crippen LogP contribution in [0.3, 0.4) is 0 Å². The molecule has 0 N–H and O–H groups in total. The van der Waals surface area contributed by atoms with Crippen molar-refractivity contribution in [1.82, 2.24) is 19.7 Å². The van der Waals surface area contributed by atoms with E-state index in [4.69, 9.17) is 19.6 Å². The second-order valence-corrected chi connectivity index (χ2v) is 7.49. The molecule has 2 aromatic heterocycles. The zero-order valence-electron chi connectivity index (χ0n) is 15.0. The van der Waals surface area contributed by atoms with Crippen LogP contribution < -0.4 is 0 Å². The number of methoxy groups -OCH3 is 1. The van der Waals surface area contributed by atoms with Crippen molar-refractivity contribution in [3.63, 3.8) is 0 Å². The lowest BCUT2D eigenvalue weighted by atomic mass is 10.1. The van der Waals surface area contributed by atoms with Gasteiger partial charge in [-0.05, 0) is 30.9 Å². The summed E-state index contributed by atoms with van der Waals surface area (Å²) in [5.74, 6) is 1.52. The van der Waals surface area contributed by atoms with Crippen LogP contribution in [0.5, 0.6) is 0 Å². The first-order valence-electron chi connectivity index (χ1n) is 8.76. The summed E-state index contributed by atoms with van der Waals surface area (Å²) in [7, 11) is 1.67. The number of aryl methyl sites for hydroxylation is 1. The van der Waals surface area contributed by atoms with Crippen LogP contribution in [0.15, 0.2) is 29.6 Å². The SMILES string of the molecule is COCCOCc1nc(-c2csc(C)n2)nn1C1Cc2ccccc2C1. The van der Waals surface area contributed by atoms with E-state index in [0.29, 0.717) is 25.6 Å². The summed E-state index contributed by atoms with van der Waals surface area (Å²) in [6.07, 6.45) is 1.94. The Bertz CT molecular complexity index is 864. The number of rotatable bonds is 7. The summed E-state index contributed by atoms with van der Waals surface area (Å²) in [5, 5.41) is 7.82. The molecule has 0 fully saturated rings. The summed E-state index contributed by atoms with van der Waals surface area (Å²) in [4.78, 5) is 9.26. The van der Waals surface area contributed by atoms with Crippen LogP contribution in [0.25, 0.3) is 11.5 Å². The lowest BCUT2D eigenvalue weighted by molar-refractivity contribution is 0.0562. The van der Waals surface area contributed by atoms with Crippen molar-refractivity contribution in [2.45, 2.75) is 32.4 Å². The zero-order chi connectivity index (χ0) is 17.9. The van der Waals surface area contributed by atoms with E-state index in [2.05, 4.69) is 29.2 Å². The van der Waals surface area contributed by atoms with Crippen molar-refractivity contribution < 1.29 is 9.47 Å².